The summed E-state index contributed by atoms with van der Waals surface area (Å²) in [6.45, 7) is 5.49. The molecule has 0 atom stereocenters. The minimum absolute atomic E-state index is 0.0562. The summed E-state index contributed by atoms with van der Waals surface area (Å²) < 4.78 is 6.18. The standard InChI is InChI=1S/C17H16BrN3O4/c1-11-6-7-16(15(18)8-11)25-10-17(22)20-19-12(2)13-4-3-5-14(9-13)21(23)24/h3-9,19H,2,10H2,1H3,(H,20,22). The van der Waals surface area contributed by atoms with E-state index >= 15 is 0 Å². The van der Waals surface area contributed by atoms with Gasteiger partial charge in [0, 0.05) is 17.7 Å². The van der Waals surface area contributed by atoms with Gasteiger partial charge < -0.3 is 4.74 Å². The number of halogens is 1. The highest BCUT2D eigenvalue weighted by Crippen LogP contribution is 2.25. The van der Waals surface area contributed by atoms with Crippen LogP contribution in [0.25, 0.3) is 5.70 Å². The Kier molecular flexibility index (Phi) is 6.13. The van der Waals surface area contributed by atoms with Gasteiger partial charge in [0.1, 0.15) is 5.75 Å². The maximum atomic E-state index is 11.8. The Morgan fingerprint density at radius 2 is 2.04 bits per heavy atom. The summed E-state index contributed by atoms with van der Waals surface area (Å²) in [4.78, 5) is 22.1. The molecule has 2 aromatic rings. The lowest BCUT2D eigenvalue weighted by Gasteiger charge is -2.12. The molecule has 0 saturated carbocycles. The number of non-ortho nitro benzene ring substituents is 1. The van der Waals surface area contributed by atoms with Crippen molar-refractivity contribution in [1.82, 2.24) is 10.9 Å². The average molecular weight is 406 g/mol. The average Bonchev–Trinajstić information content (AvgIpc) is 2.59. The molecule has 0 spiro atoms. The van der Waals surface area contributed by atoms with Crippen molar-refractivity contribution in [3.63, 3.8) is 0 Å². The number of nitrogens with one attached hydrogen (secondary N) is 2. The van der Waals surface area contributed by atoms with E-state index in [-0.39, 0.29) is 12.3 Å². The van der Waals surface area contributed by atoms with Gasteiger partial charge in [0.05, 0.1) is 15.1 Å². The van der Waals surface area contributed by atoms with Crippen molar-refractivity contribution in [2.45, 2.75) is 6.92 Å². The number of benzene rings is 2. The van der Waals surface area contributed by atoms with Crippen molar-refractivity contribution >= 4 is 33.2 Å². The molecule has 0 saturated heterocycles. The van der Waals surface area contributed by atoms with E-state index in [2.05, 4.69) is 33.4 Å². The molecule has 7 nitrogen and oxygen atoms in total. The second-order valence-corrected chi connectivity index (χ2v) is 6.04. The molecule has 0 aliphatic heterocycles. The summed E-state index contributed by atoms with van der Waals surface area (Å²) in [6, 6.07) is 11.5. The monoisotopic (exact) mass is 405 g/mol. The summed E-state index contributed by atoms with van der Waals surface area (Å²) in [7, 11) is 0. The fraction of sp³-hybridized carbons (Fsp3) is 0.118. The van der Waals surface area contributed by atoms with Gasteiger partial charge in [-0.15, -0.1) is 0 Å². The molecule has 130 valence electrons. The van der Waals surface area contributed by atoms with Gasteiger partial charge in [-0.1, -0.05) is 24.8 Å². The molecule has 25 heavy (non-hydrogen) atoms. The predicted octanol–water partition coefficient (Wildman–Crippen LogP) is 3.34. The van der Waals surface area contributed by atoms with Crippen LogP contribution in [0.1, 0.15) is 11.1 Å². The van der Waals surface area contributed by atoms with Gasteiger partial charge in [0.25, 0.3) is 11.6 Å². The van der Waals surface area contributed by atoms with Crippen molar-refractivity contribution in [1.29, 1.82) is 0 Å². The lowest BCUT2D eigenvalue weighted by molar-refractivity contribution is -0.384. The molecule has 8 heteroatoms. The molecule has 0 heterocycles. The zero-order valence-corrected chi connectivity index (χ0v) is 15.0. The van der Waals surface area contributed by atoms with Crippen LogP contribution in [-0.2, 0) is 4.79 Å². The van der Waals surface area contributed by atoms with Gasteiger partial charge >= 0.3 is 0 Å². The number of nitro groups is 1. The first-order valence-corrected chi connectivity index (χ1v) is 8.03. The van der Waals surface area contributed by atoms with Gasteiger partial charge in [-0.05, 0) is 40.5 Å². The molecule has 2 aromatic carbocycles. The molecule has 2 N–H and O–H groups in total. The Balaban J connectivity index is 1.86. The summed E-state index contributed by atoms with van der Waals surface area (Å²) in [5.74, 6) is 0.136. The first kappa shape index (κ1) is 18.5. The lowest BCUT2D eigenvalue weighted by Crippen LogP contribution is -2.39. The smallest absolute Gasteiger partial charge is 0.276 e. The van der Waals surface area contributed by atoms with Crippen molar-refractivity contribution in [2.75, 3.05) is 6.61 Å². The van der Waals surface area contributed by atoms with Crippen molar-refractivity contribution in [2.24, 2.45) is 0 Å². The number of aryl methyl sites for hydroxylation is 1. The Morgan fingerprint density at radius 3 is 2.72 bits per heavy atom. The van der Waals surface area contributed by atoms with E-state index in [4.69, 9.17) is 4.74 Å². The first-order valence-electron chi connectivity index (χ1n) is 7.24. The minimum atomic E-state index is -0.497. The van der Waals surface area contributed by atoms with E-state index in [0.29, 0.717) is 17.0 Å². The van der Waals surface area contributed by atoms with Gasteiger partial charge in [-0.3, -0.25) is 25.8 Å². The minimum Gasteiger partial charge on any atom is -0.483 e. The topological polar surface area (TPSA) is 93.5 Å². The summed E-state index contributed by atoms with van der Waals surface area (Å²) >= 11 is 3.37. The van der Waals surface area contributed by atoms with Crippen LogP contribution in [0, 0.1) is 17.0 Å². The molecule has 0 radical (unpaired) electrons. The lowest BCUT2D eigenvalue weighted by atomic mass is 10.1. The molecule has 0 bridgehead atoms. The van der Waals surface area contributed by atoms with Crippen LogP contribution in [-0.4, -0.2) is 17.4 Å². The number of nitrogens with zero attached hydrogens (tertiary/aromatic N) is 1. The van der Waals surface area contributed by atoms with Gasteiger partial charge in [-0.25, -0.2) is 0 Å². The second kappa shape index (κ2) is 8.29. The highest BCUT2D eigenvalue weighted by molar-refractivity contribution is 9.10. The molecular weight excluding hydrogens is 390 g/mol. The SMILES string of the molecule is C=C(NNC(=O)COc1ccc(C)cc1Br)c1cccc([N+](=O)[O-])c1. The van der Waals surface area contributed by atoms with Crippen LogP contribution >= 0.6 is 15.9 Å². The largest absolute Gasteiger partial charge is 0.483 e. The number of ether oxygens (including phenoxy) is 1. The third-order valence-corrected chi connectivity index (χ3v) is 3.82. The van der Waals surface area contributed by atoms with Crippen molar-refractivity contribution in [3.05, 3.63) is 74.8 Å². The van der Waals surface area contributed by atoms with E-state index < -0.39 is 10.8 Å². The molecule has 0 aliphatic rings. The highest BCUT2D eigenvalue weighted by Gasteiger charge is 2.09. The number of carbonyl (C=O) groups is 1. The Labute approximate surface area is 152 Å². The molecule has 0 fully saturated rings. The highest BCUT2D eigenvalue weighted by atomic mass is 79.9. The van der Waals surface area contributed by atoms with E-state index in [1.807, 2.05) is 19.1 Å². The maximum Gasteiger partial charge on any atom is 0.276 e. The molecular formula is C17H16BrN3O4. The van der Waals surface area contributed by atoms with E-state index in [1.165, 1.54) is 12.1 Å². The Hall–Kier alpha value is -2.87. The number of carbonyl (C=O) groups excluding carboxylic acids is 1. The fourth-order valence-electron chi connectivity index (χ4n) is 1.93. The molecule has 1 amide bonds. The van der Waals surface area contributed by atoms with Crippen LogP contribution in [0.5, 0.6) is 5.75 Å². The molecule has 2 rings (SSSR count). The predicted molar refractivity (Wildman–Crippen MR) is 97.8 cm³/mol. The number of amides is 1. The molecule has 0 aliphatic carbocycles. The molecule has 0 aromatic heterocycles. The zero-order chi connectivity index (χ0) is 18.4. The zero-order valence-electron chi connectivity index (χ0n) is 13.4. The number of nitro benzene ring substituents is 1. The quantitative estimate of drug-likeness (QED) is 0.544. The Bertz CT molecular complexity index is 823. The molecule has 0 unspecified atom stereocenters. The van der Waals surface area contributed by atoms with Crippen molar-refractivity contribution < 1.29 is 14.5 Å². The number of rotatable bonds is 7. The van der Waals surface area contributed by atoms with Crippen LogP contribution in [0.15, 0.2) is 53.5 Å². The second-order valence-electron chi connectivity index (χ2n) is 5.18. The van der Waals surface area contributed by atoms with Crippen LogP contribution in [0.4, 0.5) is 5.69 Å². The number of hydrogen-bond donors (Lipinski definition) is 2. The van der Waals surface area contributed by atoms with Crippen molar-refractivity contribution in [3.8, 4) is 5.75 Å². The number of hydrazine groups is 1. The Morgan fingerprint density at radius 1 is 1.28 bits per heavy atom. The number of hydrogen-bond acceptors (Lipinski definition) is 5. The van der Waals surface area contributed by atoms with E-state index in [9.17, 15) is 14.9 Å². The first-order chi connectivity index (χ1) is 11.9. The van der Waals surface area contributed by atoms with E-state index in [0.717, 1.165) is 10.0 Å². The summed E-state index contributed by atoms with van der Waals surface area (Å²) in [5, 5.41) is 10.8. The summed E-state index contributed by atoms with van der Waals surface area (Å²) in [5.41, 5.74) is 6.88. The maximum absolute atomic E-state index is 11.8. The van der Waals surface area contributed by atoms with Gasteiger partial charge in [0.2, 0.25) is 0 Å². The normalized spacial score (nSPS) is 10.0. The third kappa shape index (κ3) is 5.32. The van der Waals surface area contributed by atoms with Gasteiger partial charge in [0.15, 0.2) is 6.61 Å². The summed E-state index contributed by atoms with van der Waals surface area (Å²) in [6.07, 6.45) is 0. The van der Waals surface area contributed by atoms with Crippen LogP contribution in [0.3, 0.4) is 0 Å². The van der Waals surface area contributed by atoms with Crippen LogP contribution in [0.2, 0.25) is 0 Å². The fourth-order valence-corrected chi connectivity index (χ4v) is 2.53. The van der Waals surface area contributed by atoms with Gasteiger partial charge in [-0.2, -0.15) is 0 Å². The third-order valence-electron chi connectivity index (χ3n) is 3.20. The van der Waals surface area contributed by atoms with E-state index in [1.54, 1.807) is 18.2 Å². The van der Waals surface area contributed by atoms with Crippen LogP contribution < -0.4 is 15.6 Å².